The van der Waals surface area contributed by atoms with Gasteiger partial charge in [0.2, 0.25) is 0 Å². The largest absolute Gasteiger partial charge is 0.462 e. The summed E-state index contributed by atoms with van der Waals surface area (Å²) in [4.78, 5) is 23.2. The standard InChI is InChI=1S/C14H14BrNO3/c1-2-19-14(18)13-8-10(7-12(17)9-15)3-4-11(13)5-6-16/h3-4,8H,2,5,7,9H2,1H3. The number of ether oxygens (including phenoxy) is 1. The van der Waals surface area contributed by atoms with Crippen LogP contribution >= 0.6 is 15.9 Å². The molecular weight excluding hydrogens is 310 g/mol. The van der Waals surface area contributed by atoms with Gasteiger partial charge in [0.1, 0.15) is 5.78 Å². The van der Waals surface area contributed by atoms with Gasteiger partial charge in [0.05, 0.1) is 30.0 Å². The number of hydrogen-bond acceptors (Lipinski definition) is 4. The van der Waals surface area contributed by atoms with Crippen LogP contribution in [0.15, 0.2) is 18.2 Å². The third-order valence-electron chi connectivity index (χ3n) is 2.49. The third-order valence-corrected chi connectivity index (χ3v) is 3.11. The first-order chi connectivity index (χ1) is 9.12. The van der Waals surface area contributed by atoms with Crippen molar-refractivity contribution < 1.29 is 14.3 Å². The van der Waals surface area contributed by atoms with Gasteiger partial charge in [0.15, 0.2) is 0 Å². The minimum atomic E-state index is -0.458. The van der Waals surface area contributed by atoms with Gasteiger partial charge in [-0.05, 0) is 24.1 Å². The molecule has 0 saturated heterocycles. The zero-order valence-electron chi connectivity index (χ0n) is 10.6. The lowest BCUT2D eigenvalue weighted by atomic mass is 9.99. The van der Waals surface area contributed by atoms with Crippen LogP contribution in [-0.2, 0) is 22.4 Å². The first-order valence-corrected chi connectivity index (χ1v) is 6.98. The van der Waals surface area contributed by atoms with E-state index < -0.39 is 5.97 Å². The van der Waals surface area contributed by atoms with Gasteiger partial charge in [-0.25, -0.2) is 4.79 Å². The summed E-state index contributed by atoms with van der Waals surface area (Å²) in [5.41, 5.74) is 1.73. The first-order valence-electron chi connectivity index (χ1n) is 5.85. The fourth-order valence-electron chi connectivity index (χ4n) is 1.65. The molecule has 1 rings (SSSR count). The quantitative estimate of drug-likeness (QED) is 0.595. The van der Waals surface area contributed by atoms with Gasteiger partial charge in [0, 0.05) is 6.42 Å². The summed E-state index contributed by atoms with van der Waals surface area (Å²) in [7, 11) is 0. The van der Waals surface area contributed by atoms with Gasteiger partial charge >= 0.3 is 5.97 Å². The number of halogens is 1. The van der Waals surface area contributed by atoms with Crippen LogP contribution < -0.4 is 0 Å². The molecule has 0 spiro atoms. The van der Waals surface area contributed by atoms with Crippen molar-refractivity contribution in [1.82, 2.24) is 0 Å². The second-order valence-corrected chi connectivity index (χ2v) is 4.46. The van der Waals surface area contributed by atoms with Gasteiger partial charge in [-0.15, -0.1) is 0 Å². The van der Waals surface area contributed by atoms with E-state index >= 15 is 0 Å². The van der Waals surface area contributed by atoms with Crippen LogP contribution in [-0.4, -0.2) is 23.7 Å². The lowest BCUT2D eigenvalue weighted by Gasteiger charge is -2.08. The van der Waals surface area contributed by atoms with Crippen LogP contribution in [0.3, 0.4) is 0 Å². The molecule has 0 amide bonds. The molecule has 0 aliphatic carbocycles. The second-order valence-electron chi connectivity index (χ2n) is 3.90. The maximum absolute atomic E-state index is 11.8. The molecule has 19 heavy (non-hydrogen) atoms. The molecule has 0 atom stereocenters. The Morgan fingerprint density at radius 2 is 2.16 bits per heavy atom. The predicted octanol–water partition coefficient (Wildman–Crippen LogP) is 2.44. The molecule has 0 N–H and O–H groups in total. The van der Waals surface area contributed by atoms with E-state index in [-0.39, 0.29) is 30.6 Å². The topological polar surface area (TPSA) is 67.2 Å². The molecule has 0 aliphatic rings. The highest BCUT2D eigenvalue weighted by Crippen LogP contribution is 2.15. The minimum Gasteiger partial charge on any atom is -0.462 e. The number of hydrogen-bond donors (Lipinski definition) is 0. The minimum absolute atomic E-state index is 0.0304. The van der Waals surface area contributed by atoms with Crippen LogP contribution in [0.25, 0.3) is 0 Å². The molecule has 0 aromatic heterocycles. The van der Waals surface area contributed by atoms with Gasteiger partial charge in [-0.1, -0.05) is 28.1 Å². The number of benzene rings is 1. The Labute approximate surface area is 120 Å². The van der Waals surface area contributed by atoms with E-state index in [1.54, 1.807) is 25.1 Å². The normalized spacial score (nSPS) is 9.74. The van der Waals surface area contributed by atoms with Crippen LogP contribution in [0.5, 0.6) is 0 Å². The van der Waals surface area contributed by atoms with Crippen LogP contribution in [0.4, 0.5) is 0 Å². The Bertz CT molecular complexity index is 520. The van der Waals surface area contributed by atoms with E-state index in [2.05, 4.69) is 15.9 Å². The number of ketones is 1. The van der Waals surface area contributed by atoms with E-state index in [1.807, 2.05) is 6.07 Å². The molecule has 0 bridgehead atoms. The van der Waals surface area contributed by atoms with Gasteiger partial charge < -0.3 is 4.74 Å². The fraction of sp³-hybridized carbons (Fsp3) is 0.357. The van der Waals surface area contributed by atoms with Gasteiger partial charge in [-0.2, -0.15) is 5.26 Å². The summed E-state index contributed by atoms with van der Waals surface area (Å²) in [6, 6.07) is 7.10. The van der Waals surface area contributed by atoms with Crippen LogP contribution in [0.2, 0.25) is 0 Å². The second kappa shape index (κ2) is 7.70. The number of nitrogens with zero attached hydrogens (tertiary/aromatic N) is 1. The first kappa shape index (κ1) is 15.4. The van der Waals surface area contributed by atoms with Gasteiger partial charge in [0.25, 0.3) is 0 Å². The molecule has 100 valence electrons. The highest BCUT2D eigenvalue weighted by molar-refractivity contribution is 9.09. The molecule has 4 nitrogen and oxygen atoms in total. The maximum Gasteiger partial charge on any atom is 0.338 e. The van der Waals surface area contributed by atoms with Crippen molar-refractivity contribution in [2.45, 2.75) is 19.8 Å². The lowest BCUT2D eigenvalue weighted by Crippen LogP contribution is -2.10. The fourth-order valence-corrected chi connectivity index (χ4v) is 1.84. The molecule has 0 heterocycles. The Balaban J connectivity index is 3.07. The Morgan fingerprint density at radius 3 is 2.74 bits per heavy atom. The van der Waals surface area contributed by atoms with E-state index in [4.69, 9.17) is 10.00 Å². The number of Topliss-reactive ketones (excluding diaryl/α,β-unsaturated/α-hetero) is 1. The Hall–Kier alpha value is -1.67. The smallest absolute Gasteiger partial charge is 0.338 e. The molecule has 1 aromatic rings. The zero-order valence-corrected chi connectivity index (χ0v) is 12.2. The molecule has 1 aromatic carbocycles. The predicted molar refractivity (Wildman–Crippen MR) is 74.2 cm³/mol. The monoisotopic (exact) mass is 323 g/mol. The number of carbonyl (C=O) groups excluding carboxylic acids is 2. The van der Waals surface area contributed by atoms with Crippen molar-refractivity contribution in [2.24, 2.45) is 0 Å². The van der Waals surface area contributed by atoms with E-state index in [0.29, 0.717) is 11.1 Å². The maximum atomic E-state index is 11.8. The summed E-state index contributed by atoms with van der Waals surface area (Å²) < 4.78 is 4.96. The average Bonchev–Trinajstić information content (AvgIpc) is 2.40. The number of esters is 1. The van der Waals surface area contributed by atoms with Crippen molar-refractivity contribution in [2.75, 3.05) is 11.9 Å². The molecule has 5 heteroatoms. The highest BCUT2D eigenvalue weighted by atomic mass is 79.9. The number of rotatable bonds is 6. The van der Waals surface area contributed by atoms with E-state index in [0.717, 1.165) is 5.56 Å². The number of nitriles is 1. The van der Waals surface area contributed by atoms with Gasteiger partial charge in [-0.3, -0.25) is 4.79 Å². The average molecular weight is 324 g/mol. The summed E-state index contributed by atoms with van der Waals surface area (Å²) in [5, 5.41) is 9.03. The molecular formula is C14H14BrNO3. The summed E-state index contributed by atoms with van der Waals surface area (Å²) in [6.45, 7) is 2.00. The molecule has 0 radical (unpaired) electrons. The van der Waals surface area contributed by atoms with Crippen molar-refractivity contribution in [3.8, 4) is 6.07 Å². The molecule has 0 aliphatic heterocycles. The lowest BCUT2D eigenvalue weighted by molar-refractivity contribution is -0.115. The summed E-state index contributed by atoms with van der Waals surface area (Å²) >= 11 is 3.10. The molecule has 0 fully saturated rings. The van der Waals surface area contributed by atoms with Crippen molar-refractivity contribution in [3.05, 3.63) is 34.9 Å². The van der Waals surface area contributed by atoms with E-state index in [9.17, 15) is 9.59 Å². The van der Waals surface area contributed by atoms with Crippen molar-refractivity contribution in [3.63, 3.8) is 0 Å². The molecule has 0 saturated carbocycles. The number of alkyl halides is 1. The van der Waals surface area contributed by atoms with Crippen molar-refractivity contribution >= 4 is 27.7 Å². The SMILES string of the molecule is CCOC(=O)c1cc(CC(=O)CBr)ccc1CC#N. The third kappa shape index (κ3) is 4.49. The van der Waals surface area contributed by atoms with Crippen LogP contribution in [0, 0.1) is 11.3 Å². The zero-order chi connectivity index (χ0) is 14.3. The van der Waals surface area contributed by atoms with Crippen molar-refractivity contribution in [1.29, 1.82) is 5.26 Å². The number of carbonyl (C=O) groups is 2. The summed E-state index contributed by atoms with van der Waals surface area (Å²) in [5.74, 6) is -0.427. The van der Waals surface area contributed by atoms with E-state index in [1.165, 1.54) is 0 Å². The highest BCUT2D eigenvalue weighted by Gasteiger charge is 2.14. The van der Waals surface area contributed by atoms with Crippen LogP contribution in [0.1, 0.15) is 28.4 Å². The Kier molecular flexibility index (Phi) is 6.23. The Morgan fingerprint density at radius 1 is 1.42 bits per heavy atom. The summed E-state index contributed by atoms with van der Waals surface area (Å²) in [6.07, 6.45) is 0.394. The molecule has 0 unspecified atom stereocenters.